The monoisotopic (exact) mass is 329 g/mol. The number of hydrogen-bond donors (Lipinski definition) is 2. The Labute approximate surface area is 144 Å². The molecule has 0 spiro atoms. The molecule has 6 heteroatoms. The highest BCUT2D eigenvalue weighted by Gasteiger charge is 2.15. The number of aromatic nitrogens is 4. The maximum atomic E-state index is 12.8. The van der Waals surface area contributed by atoms with Crippen LogP contribution >= 0.6 is 0 Å². The predicted octanol–water partition coefficient (Wildman–Crippen LogP) is 3.58. The van der Waals surface area contributed by atoms with Crippen molar-refractivity contribution in [2.24, 2.45) is 0 Å². The molecular weight excluding hydrogens is 314 g/mol. The molecule has 2 aromatic heterocycles. The first-order valence-electron chi connectivity index (χ1n) is 7.85. The maximum absolute atomic E-state index is 12.8. The number of nitrogens with zero attached hydrogens (tertiary/aromatic N) is 3. The van der Waals surface area contributed by atoms with Crippen LogP contribution in [0.5, 0.6) is 0 Å². The zero-order valence-corrected chi connectivity index (χ0v) is 13.5. The number of aromatic amines is 1. The van der Waals surface area contributed by atoms with Crippen LogP contribution in [0.2, 0.25) is 0 Å². The fourth-order valence-electron chi connectivity index (χ4n) is 2.80. The fraction of sp³-hybridized carbons (Fsp3) is 0.0526. The Morgan fingerprint density at radius 3 is 2.68 bits per heavy atom. The van der Waals surface area contributed by atoms with Crippen LogP contribution < -0.4 is 5.32 Å². The number of para-hydroxylation sites is 1. The summed E-state index contributed by atoms with van der Waals surface area (Å²) in [7, 11) is 0. The van der Waals surface area contributed by atoms with E-state index in [1.165, 1.54) is 6.33 Å². The van der Waals surface area contributed by atoms with Crippen LogP contribution in [0, 0.1) is 6.92 Å². The van der Waals surface area contributed by atoms with Gasteiger partial charge in [-0.3, -0.25) is 10.1 Å². The van der Waals surface area contributed by atoms with Crippen molar-refractivity contribution in [3.05, 3.63) is 72.1 Å². The lowest BCUT2D eigenvalue weighted by molar-refractivity contribution is 0.102. The van der Waals surface area contributed by atoms with Crippen LogP contribution in [0.4, 0.5) is 5.95 Å². The van der Waals surface area contributed by atoms with Crippen LogP contribution in [0.25, 0.3) is 22.2 Å². The topological polar surface area (TPSA) is 83.6 Å². The van der Waals surface area contributed by atoms with E-state index in [4.69, 9.17) is 4.98 Å². The van der Waals surface area contributed by atoms with Gasteiger partial charge in [0.25, 0.3) is 5.91 Å². The van der Waals surface area contributed by atoms with Gasteiger partial charge in [0.05, 0.1) is 16.8 Å². The number of carbonyl (C=O) groups excluding carboxylic acids is 1. The summed E-state index contributed by atoms with van der Waals surface area (Å²) in [6.07, 6.45) is 1.35. The Kier molecular flexibility index (Phi) is 3.70. The van der Waals surface area contributed by atoms with Gasteiger partial charge < -0.3 is 0 Å². The van der Waals surface area contributed by atoms with E-state index in [9.17, 15) is 4.79 Å². The number of rotatable bonds is 3. The van der Waals surface area contributed by atoms with Crippen molar-refractivity contribution in [1.29, 1.82) is 0 Å². The average Bonchev–Trinajstić information content (AvgIpc) is 3.14. The lowest BCUT2D eigenvalue weighted by Crippen LogP contribution is -2.14. The first-order valence-corrected chi connectivity index (χ1v) is 7.85. The van der Waals surface area contributed by atoms with Crippen molar-refractivity contribution in [3.63, 3.8) is 0 Å². The first-order chi connectivity index (χ1) is 12.2. The molecule has 0 fully saturated rings. The van der Waals surface area contributed by atoms with Gasteiger partial charge in [-0.05, 0) is 24.6 Å². The van der Waals surface area contributed by atoms with Crippen LogP contribution in [-0.4, -0.2) is 26.1 Å². The Morgan fingerprint density at radius 2 is 1.88 bits per heavy atom. The Morgan fingerprint density at radius 1 is 1.08 bits per heavy atom. The van der Waals surface area contributed by atoms with E-state index in [0.29, 0.717) is 11.5 Å². The minimum atomic E-state index is -0.259. The highest BCUT2D eigenvalue weighted by molar-refractivity contribution is 6.12. The van der Waals surface area contributed by atoms with Gasteiger partial charge in [-0.15, -0.1) is 0 Å². The molecule has 0 radical (unpaired) electrons. The molecule has 122 valence electrons. The zero-order chi connectivity index (χ0) is 17.2. The van der Waals surface area contributed by atoms with E-state index < -0.39 is 0 Å². The third-order valence-corrected chi connectivity index (χ3v) is 4.03. The summed E-state index contributed by atoms with van der Waals surface area (Å²) in [6.45, 7) is 2.03. The maximum Gasteiger partial charge on any atom is 0.258 e. The number of benzene rings is 2. The van der Waals surface area contributed by atoms with Crippen LogP contribution in [0.3, 0.4) is 0 Å². The molecule has 0 aliphatic rings. The van der Waals surface area contributed by atoms with E-state index in [1.807, 2.05) is 61.5 Å². The second kappa shape index (κ2) is 6.16. The summed E-state index contributed by atoms with van der Waals surface area (Å²) in [4.78, 5) is 21.4. The number of anilines is 1. The summed E-state index contributed by atoms with van der Waals surface area (Å²) >= 11 is 0. The van der Waals surface area contributed by atoms with Crippen molar-refractivity contribution in [3.8, 4) is 11.3 Å². The summed E-state index contributed by atoms with van der Waals surface area (Å²) in [5.74, 6) is 0.0496. The lowest BCUT2D eigenvalue weighted by atomic mass is 10.0. The van der Waals surface area contributed by atoms with Gasteiger partial charge in [-0.2, -0.15) is 10.1 Å². The van der Waals surface area contributed by atoms with E-state index in [1.54, 1.807) is 0 Å². The third-order valence-electron chi connectivity index (χ3n) is 4.03. The smallest absolute Gasteiger partial charge is 0.258 e. The molecule has 4 aromatic rings. The molecule has 2 heterocycles. The van der Waals surface area contributed by atoms with Gasteiger partial charge in [-0.25, -0.2) is 10.1 Å². The quantitative estimate of drug-likeness (QED) is 0.602. The number of amides is 1. The fourth-order valence-corrected chi connectivity index (χ4v) is 2.80. The van der Waals surface area contributed by atoms with Crippen molar-refractivity contribution in [1.82, 2.24) is 20.2 Å². The SMILES string of the molecule is Cc1ccccc1-c1cc(C(=O)Nc2ncn[nH]2)c2ccccc2n1. The number of nitrogens with one attached hydrogen (secondary N) is 2. The van der Waals surface area contributed by atoms with Crippen molar-refractivity contribution >= 4 is 22.8 Å². The molecule has 2 aromatic carbocycles. The van der Waals surface area contributed by atoms with Crippen LogP contribution in [-0.2, 0) is 0 Å². The van der Waals surface area contributed by atoms with Gasteiger partial charge in [0, 0.05) is 10.9 Å². The normalized spacial score (nSPS) is 10.8. The number of aryl methyl sites for hydroxylation is 1. The zero-order valence-electron chi connectivity index (χ0n) is 13.5. The van der Waals surface area contributed by atoms with Gasteiger partial charge >= 0.3 is 0 Å². The summed E-state index contributed by atoms with van der Waals surface area (Å²) < 4.78 is 0. The number of H-pyrrole nitrogens is 1. The van der Waals surface area contributed by atoms with Crippen molar-refractivity contribution in [2.45, 2.75) is 6.92 Å². The Hall–Kier alpha value is -3.54. The molecule has 0 aliphatic carbocycles. The second-order valence-corrected chi connectivity index (χ2v) is 5.68. The van der Waals surface area contributed by atoms with E-state index in [2.05, 4.69) is 20.5 Å². The molecule has 0 atom stereocenters. The largest absolute Gasteiger partial charge is 0.291 e. The van der Waals surface area contributed by atoms with Crippen molar-refractivity contribution < 1.29 is 4.79 Å². The molecule has 0 saturated heterocycles. The molecule has 0 unspecified atom stereocenters. The highest BCUT2D eigenvalue weighted by Crippen LogP contribution is 2.27. The first kappa shape index (κ1) is 15.0. The second-order valence-electron chi connectivity index (χ2n) is 5.68. The van der Waals surface area contributed by atoms with E-state index in [-0.39, 0.29) is 5.91 Å². The van der Waals surface area contributed by atoms with Crippen LogP contribution in [0.15, 0.2) is 60.9 Å². The van der Waals surface area contributed by atoms with Gasteiger partial charge in [-0.1, -0.05) is 42.5 Å². The molecule has 2 N–H and O–H groups in total. The molecular formula is C19H15N5O. The standard InChI is InChI=1S/C19H15N5O/c1-12-6-2-3-7-13(12)17-10-15(14-8-4-5-9-16(14)22-17)18(25)23-19-20-11-21-24-19/h2-11H,1H3,(H2,20,21,23,24,25). The van der Waals surface area contributed by atoms with Crippen molar-refractivity contribution in [2.75, 3.05) is 5.32 Å². The molecule has 0 saturated carbocycles. The summed E-state index contributed by atoms with van der Waals surface area (Å²) in [6, 6.07) is 17.4. The average molecular weight is 329 g/mol. The minimum absolute atomic E-state index is 0.259. The highest BCUT2D eigenvalue weighted by atomic mass is 16.1. The molecule has 25 heavy (non-hydrogen) atoms. The Bertz CT molecular complexity index is 1060. The molecule has 0 bridgehead atoms. The summed E-state index contributed by atoms with van der Waals surface area (Å²) in [5, 5.41) is 9.89. The number of hydrogen-bond acceptors (Lipinski definition) is 4. The van der Waals surface area contributed by atoms with E-state index >= 15 is 0 Å². The lowest BCUT2D eigenvalue weighted by Gasteiger charge is -2.11. The molecule has 4 rings (SSSR count). The van der Waals surface area contributed by atoms with Gasteiger partial charge in [0.1, 0.15) is 6.33 Å². The number of fused-ring (bicyclic) bond motifs is 1. The minimum Gasteiger partial charge on any atom is -0.291 e. The predicted molar refractivity (Wildman–Crippen MR) is 96.3 cm³/mol. The number of carbonyl (C=O) groups is 1. The Balaban J connectivity index is 1.87. The number of pyridine rings is 1. The molecule has 6 nitrogen and oxygen atoms in total. The van der Waals surface area contributed by atoms with Crippen LogP contribution in [0.1, 0.15) is 15.9 Å². The van der Waals surface area contributed by atoms with Gasteiger partial charge in [0.15, 0.2) is 0 Å². The van der Waals surface area contributed by atoms with E-state index in [0.717, 1.165) is 27.7 Å². The third kappa shape index (κ3) is 2.85. The summed E-state index contributed by atoms with van der Waals surface area (Å²) in [5.41, 5.74) is 4.18. The molecule has 0 aliphatic heterocycles. The molecule has 1 amide bonds. The van der Waals surface area contributed by atoms with Gasteiger partial charge in [0.2, 0.25) is 5.95 Å².